The lowest BCUT2D eigenvalue weighted by atomic mass is 10.1. The van der Waals surface area contributed by atoms with E-state index in [-0.39, 0.29) is 17.3 Å². The first-order chi connectivity index (χ1) is 18.9. The van der Waals surface area contributed by atoms with Gasteiger partial charge in [0.15, 0.2) is 0 Å². The predicted octanol–water partition coefficient (Wildman–Crippen LogP) is 5.79. The number of benzene rings is 3. The highest BCUT2D eigenvalue weighted by Gasteiger charge is 2.32. The summed E-state index contributed by atoms with van der Waals surface area (Å²) >= 11 is 6.01. The van der Waals surface area contributed by atoms with E-state index < -0.39 is 28.5 Å². The molecule has 40 heavy (non-hydrogen) atoms. The molecule has 3 rings (SSSR count). The Labute approximate surface area is 243 Å². The van der Waals surface area contributed by atoms with Crippen molar-refractivity contribution in [3.05, 3.63) is 94.0 Å². The molecule has 214 valence electrons. The average Bonchev–Trinajstić information content (AvgIpc) is 2.92. The number of nitrogens with one attached hydrogen (secondary N) is 1. The second-order valence-corrected chi connectivity index (χ2v) is 12.4. The summed E-state index contributed by atoms with van der Waals surface area (Å²) in [5.74, 6) is -0.776. The van der Waals surface area contributed by atoms with E-state index in [1.54, 1.807) is 19.1 Å². The van der Waals surface area contributed by atoms with Crippen molar-refractivity contribution in [2.24, 2.45) is 0 Å². The highest BCUT2D eigenvalue weighted by Crippen LogP contribution is 2.27. The molecule has 9 heteroatoms. The summed E-state index contributed by atoms with van der Waals surface area (Å²) in [5, 5.41) is 3.30. The van der Waals surface area contributed by atoms with Crippen LogP contribution in [0.3, 0.4) is 0 Å². The van der Waals surface area contributed by atoms with Crippen LogP contribution in [0.15, 0.2) is 71.6 Å². The molecule has 0 bridgehead atoms. The van der Waals surface area contributed by atoms with Gasteiger partial charge in [-0.2, -0.15) is 0 Å². The van der Waals surface area contributed by atoms with Crippen molar-refractivity contribution in [1.82, 2.24) is 10.2 Å². The molecule has 0 saturated carbocycles. The van der Waals surface area contributed by atoms with Crippen LogP contribution in [0.2, 0.25) is 5.02 Å². The quantitative estimate of drug-likeness (QED) is 0.273. The van der Waals surface area contributed by atoms with E-state index >= 15 is 0 Å². The van der Waals surface area contributed by atoms with Gasteiger partial charge in [0.1, 0.15) is 12.6 Å². The van der Waals surface area contributed by atoms with Gasteiger partial charge in [0.2, 0.25) is 11.8 Å². The molecule has 0 aromatic heterocycles. The second-order valence-electron chi connectivity index (χ2n) is 10.1. The summed E-state index contributed by atoms with van der Waals surface area (Å²) in [6, 6.07) is 18.0. The first-order valence-electron chi connectivity index (χ1n) is 13.4. The fraction of sp³-hybridized carbons (Fsp3) is 0.355. The number of amides is 2. The van der Waals surface area contributed by atoms with Crippen molar-refractivity contribution in [1.29, 1.82) is 0 Å². The van der Waals surface area contributed by atoms with Crippen LogP contribution in [0.5, 0.6) is 0 Å². The predicted molar refractivity (Wildman–Crippen MR) is 161 cm³/mol. The van der Waals surface area contributed by atoms with Crippen LogP contribution in [0.25, 0.3) is 0 Å². The lowest BCUT2D eigenvalue weighted by Crippen LogP contribution is -2.51. The number of halogens is 1. The molecule has 0 spiro atoms. The van der Waals surface area contributed by atoms with Crippen molar-refractivity contribution < 1.29 is 18.0 Å². The molecule has 0 aliphatic rings. The zero-order valence-corrected chi connectivity index (χ0v) is 25.3. The van der Waals surface area contributed by atoms with Gasteiger partial charge >= 0.3 is 0 Å². The first-order valence-corrected chi connectivity index (χ1v) is 15.2. The molecule has 7 nitrogen and oxygen atoms in total. The van der Waals surface area contributed by atoms with Crippen molar-refractivity contribution in [2.45, 2.75) is 64.9 Å². The fourth-order valence-electron chi connectivity index (χ4n) is 4.15. The van der Waals surface area contributed by atoms with E-state index in [0.29, 0.717) is 17.3 Å². The zero-order chi connectivity index (χ0) is 29.4. The molecule has 0 saturated heterocycles. The monoisotopic (exact) mass is 583 g/mol. The Morgan fingerprint density at radius 3 is 2.17 bits per heavy atom. The van der Waals surface area contributed by atoms with E-state index in [1.165, 1.54) is 29.2 Å². The Kier molecular flexibility index (Phi) is 10.8. The Morgan fingerprint density at radius 1 is 0.925 bits per heavy atom. The number of aryl methyl sites for hydroxylation is 3. The topological polar surface area (TPSA) is 86.8 Å². The lowest BCUT2D eigenvalue weighted by Gasteiger charge is -2.32. The molecule has 3 aromatic rings. The maximum absolute atomic E-state index is 14.0. The molecular weight excluding hydrogens is 546 g/mol. The van der Waals surface area contributed by atoms with Crippen molar-refractivity contribution >= 4 is 39.1 Å². The summed E-state index contributed by atoms with van der Waals surface area (Å²) in [6.45, 7) is 9.68. The van der Waals surface area contributed by atoms with Crippen LogP contribution in [0.1, 0.15) is 48.9 Å². The second kappa shape index (κ2) is 13.8. The van der Waals surface area contributed by atoms with Gasteiger partial charge in [-0.3, -0.25) is 13.9 Å². The standard InChI is InChI=1S/C31H38ClN3O4S/c1-6-7-18-33-31(37)25(5)34(20-26-11-8-22(2)9-12-26)30(36)21-35(28-15-10-23(3)24(4)19-28)40(38,39)29-16-13-27(32)14-17-29/h8-17,19,25H,6-7,18,20-21H2,1-5H3,(H,33,37)/t25-/m0/s1. The van der Waals surface area contributed by atoms with Crippen molar-refractivity contribution in [3.8, 4) is 0 Å². The fourth-order valence-corrected chi connectivity index (χ4v) is 5.68. The van der Waals surface area contributed by atoms with E-state index in [0.717, 1.165) is 39.4 Å². The number of hydrogen-bond donors (Lipinski definition) is 1. The molecule has 0 aliphatic carbocycles. The summed E-state index contributed by atoms with van der Waals surface area (Å²) in [5.41, 5.74) is 4.16. The molecule has 0 radical (unpaired) electrons. The lowest BCUT2D eigenvalue weighted by molar-refractivity contribution is -0.139. The third-order valence-corrected chi connectivity index (χ3v) is 8.97. The highest BCUT2D eigenvalue weighted by molar-refractivity contribution is 7.92. The minimum absolute atomic E-state index is 0.0124. The van der Waals surface area contributed by atoms with Crippen LogP contribution in [0, 0.1) is 20.8 Å². The summed E-state index contributed by atoms with van der Waals surface area (Å²) < 4.78 is 28.9. The molecule has 1 N–H and O–H groups in total. The number of sulfonamides is 1. The summed E-state index contributed by atoms with van der Waals surface area (Å²) in [6.07, 6.45) is 1.75. The van der Waals surface area contributed by atoms with Crippen molar-refractivity contribution in [2.75, 3.05) is 17.4 Å². The molecule has 0 aliphatic heterocycles. The van der Waals surface area contributed by atoms with Gasteiger partial charge < -0.3 is 10.2 Å². The average molecular weight is 584 g/mol. The first kappa shape index (κ1) is 31.2. The Bertz CT molecular complexity index is 1420. The van der Waals surface area contributed by atoms with E-state index in [1.807, 2.05) is 58.0 Å². The van der Waals surface area contributed by atoms with Gasteiger partial charge in [-0.25, -0.2) is 8.42 Å². The SMILES string of the molecule is CCCCNC(=O)[C@H](C)N(Cc1ccc(C)cc1)C(=O)CN(c1ccc(C)c(C)c1)S(=O)(=O)c1ccc(Cl)cc1. The Morgan fingerprint density at radius 2 is 1.57 bits per heavy atom. The summed E-state index contributed by atoms with van der Waals surface area (Å²) in [7, 11) is -4.14. The van der Waals surface area contributed by atoms with Crippen LogP contribution < -0.4 is 9.62 Å². The summed E-state index contributed by atoms with van der Waals surface area (Å²) in [4.78, 5) is 28.5. The molecule has 0 unspecified atom stereocenters. The number of anilines is 1. The Balaban J connectivity index is 2.02. The van der Waals surface area contributed by atoms with E-state index in [4.69, 9.17) is 11.6 Å². The normalized spacial score (nSPS) is 12.1. The minimum Gasteiger partial charge on any atom is -0.354 e. The number of carbonyl (C=O) groups excluding carboxylic acids is 2. The molecule has 0 heterocycles. The smallest absolute Gasteiger partial charge is 0.264 e. The Hall–Kier alpha value is -3.36. The maximum atomic E-state index is 14.0. The molecule has 2 amide bonds. The largest absolute Gasteiger partial charge is 0.354 e. The van der Waals surface area contributed by atoms with Crippen LogP contribution >= 0.6 is 11.6 Å². The van der Waals surface area contributed by atoms with E-state index in [2.05, 4.69) is 5.32 Å². The third-order valence-electron chi connectivity index (χ3n) is 6.93. The zero-order valence-electron chi connectivity index (χ0n) is 23.8. The minimum atomic E-state index is -4.14. The van der Waals surface area contributed by atoms with Crippen molar-refractivity contribution in [3.63, 3.8) is 0 Å². The highest BCUT2D eigenvalue weighted by atomic mass is 35.5. The van der Waals surface area contributed by atoms with Gasteiger partial charge in [-0.1, -0.05) is 60.8 Å². The maximum Gasteiger partial charge on any atom is 0.264 e. The third kappa shape index (κ3) is 7.86. The van der Waals surface area contributed by atoms with Crippen LogP contribution in [-0.4, -0.2) is 44.3 Å². The van der Waals surface area contributed by atoms with Gasteiger partial charge in [-0.05, 0) is 87.2 Å². The number of carbonyl (C=O) groups is 2. The number of nitrogens with zero attached hydrogens (tertiary/aromatic N) is 2. The molecule has 0 fully saturated rings. The molecule has 3 aromatic carbocycles. The number of rotatable bonds is 12. The van der Waals surface area contributed by atoms with Gasteiger partial charge in [0.05, 0.1) is 10.6 Å². The number of unbranched alkanes of at least 4 members (excludes halogenated alkanes) is 1. The van der Waals surface area contributed by atoms with Crippen LogP contribution in [0.4, 0.5) is 5.69 Å². The number of hydrogen-bond acceptors (Lipinski definition) is 4. The van der Waals surface area contributed by atoms with Gasteiger partial charge in [0, 0.05) is 18.1 Å². The van der Waals surface area contributed by atoms with Gasteiger partial charge in [0.25, 0.3) is 10.0 Å². The van der Waals surface area contributed by atoms with Gasteiger partial charge in [-0.15, -0.1) is 0 Å². The van der Waals surface area contributed by atoms with E-state index in [9.17, 15) is 18.0 Å². The molecule has 1 atom stereocenters. The van der Waals surface area contributed by atoms with Crippen LogP contribution in [-0.2, 0) is 26.2 Å². The molecular formula is C31H38ClN3O4S.